The molecule has 0 aromatic carbocycles. The van der Waals surface area contributed by atoms with Gasteiger partial charge < -0.3 is 10.2 Å². The average Bonchev–Trinajstić information content (AvgIpc) is 3.28. The van der Waals surface area contributed by atoms with Crippen molar-refractivity contribution in [3.05, 3.63) is 38.8 Å². The van der Waals surface area contributed by atoms with Gasteiger partial charge in [-0.25, -0.2) is 0 Å². The Labute approximate surface area is 151 Å². The fourth-order valence-corrected chi connectivity index (χ4v) is 3.85. The number of hydrogen-bond donors (Lipinski definition) is 2. The number of aromatic amines is 1. The van der Waals surface area contributed by atoms with Crippen LogP contribution in [0, 0.1) is 13.8 Å². The Balaban J connectivity index is 1.59. The van der Waals surface area contributed by atoms with Gasteiger partial charge in [-0.05, 0) is 43.9 Å². The Hall–Kier alpha value is -2.15. The number of hydrogen-bond acceptors (Lipinski definition) is 4. The van der Waals surface area contributed by atoms with E-state index in [9.17, 15) is 9.59 Å². The third-order valence-corrected chi connectivity index (χ3v) is 5.79. The van der Waals surface area contributed by atoms with E-state index in [0.29, 0.717) is 24.7 Å². The lowest BCUT2D eigenvalue weighted by Gasteiger charge is -2.15. The van der Waals surface area contributed by atoms with E-state index in [4.69, 9.17) is 0 Å². The maximum absolute atomic E-state index is 12.6. The van der Waals surface area contributed by atoms with Gasteiger partial charge >= 0.3 is 0 Å². The summed E-state index contributed by atoms with van der Waals surface area (Å²) in [4.78, 5) is 28.6. The molecule has 1 fully saturated rings. The van der Waals surface area contributed by atoms with Gasteiger partial charge in [0.2, 0.25) is 0 Å². The zero-order chi connectivity index (χ0) is 18.1. The molecule has 2 N–H and O–H groups in total. The number of nitrogens with zero attached hydrogens (tertiary/aromatic N) is 2. The Kier molecular flexibility index (Phi) is 4.94. The van der Waals surface area contributed by atoms with Crippen molar-refractivity contribution in [3.63, 3.8) is 0 Å². The molecule has 1 unspecified atom stereocenters. The Bertz CT molecular complexity index is 773. The van der Waals surface area contributed by atoms with E-state index in [1.54, 1.807) is 4.90 Å². The summed E-state index contributed by atoms with van der Waals surface area (Å²) in [5.41, 5.74) is 2.54. The molecule has 2 amide bonds. The molecule has 25 heavy (non-hydrogen) atoms. The van der Waals surface area contributed by atoms with Crippen LogP contribution in [-0.4, -0.2) is 46.0 Å². The summed E-state index contributed by atoms with van der Waals surface area (Å²) in [6, 6.07) is 3.73. The first-order valence-electron chi connectivity index (χ1n) is 8.57. The third-order valence-electron chi connectivity index (χ3n) is 4.64. The predicted octanol–water partition coefficient (Wildman–Crippen LogP) is 2.86. The zero-order valence-corrected chi connectivity index (χ0v) is 15.9. The Morgan fingerprint density at radius 3 is 2.72 bits per heavy atom. The van der Waals surface area contributed by atoms with Gasteiger partial charge in [0.25, 0.3) is 11.8 Å². The highest BCUT2D eigenvalue weighted by Crippen LogP contribution is 2.21. The van der Waals surface area contributed by atoms with Gasteiger partial charge in [-0.1, -0.05) is 13.8 Å². The molecule has 2 aromatic heterocycles. The molecule has 3 heterocycles. The second-order valence-electron chi connectivity index (χ2n) is 6.92. The van der Waals surface area contributed by atoms with Crippen molar-refractivity contribution in [2.24, 2.45) is 0 Å². The van der Waals surface area contributed by atoms with Gasteiger partial charge in [-0.3, -0.25) is 14.7 Å². The highest BCUT2D eigenvalue weighted by Gasteiger charge is 2.29. The summed E-state index contributed by atoms with van der Waals surface area (Å²) in [6.45, 7) is 9.29. The van der Waals surface area contributed by atoms with Crippen LogP contribution < -0.4 is 5.32 Å². The first-order chi connectivity index (χ1) is 11.8. The van der Waals surface area contributed by atoms with Gasteiger partial charge in [0, 0.05) is 29.7 Å². The first-order valence-corrected chi connectivity index (χ1v) is 9.39. The number of H-pyrrole nitrogens is 1. The van der Waals surface area contributed by atoms with Crippen molar-refractivity contribution in [1.29, 1.82) is 0 Å². The quantitative estimate of drug-likeness (QED) is 0.880. The number of aryl methyl sites for hydroxylation is 2. The molecule has 1 saturated heterocycles. The van der Waals surface area contributed by atoms with Crippen LogP contribution in [0.25, 0.3) is 0 Å². The topological polar surface area (TPSA) is 78.1 Å². The maximum atomic E-state index is 12.6. The lowest BCUT2D eigenvalue weighted by Crippen LogP contribution is -2.38. The van der Waals surface area contributed by atoms with Crippen LogP contribution in [0.4, 0.5) is 0 Å². The van der Waals surface area contributed by atoms with Crippen LogP contribution in [0.2, 0.25) is 0 Å². The first kappa shape index (κ1) is 17.7. The highest BCUT2D eigenvalue weighted by molar-refractivity contribution is 7.14. The number of likely N-dealkylation sites (tertiary alicyclic amines) is 1. The number of carbonyl (C=O) groups excluding carboxylic acids is 2. The molecule has 134 valence electrons. The fraction of sp³-hybridized carbons (Fsp3) is 0.500. The minimum Gasteiger partial charge on any atom is -0.347 e. The minimum atomic E-state index is -0.0808. The number of amides is 2. The van der Waals surface area contributed by atoms with E-state index in [1.807, 2.05) is 26.0 Å². The van der Waals surface area contributed by atoms with Crippen molar-refractivity contribution >= 4 is 23.2 Å². The Morgan fingerprint density at radius 2 is 2.12 bits per heavy atom. The number of thiophene rings is 1. The van der Waals surface area contributed by atoms with Crippen molar-refractivity contribution in [3.8, 4) is 0 Å². The zero-order valence-electron chi connectivity index (χ0n) is 15.0. The summed E-state index contributed by atoms with van der Waals surface area (Å²) < 4.78 is 0. The number of carbonyl (C=O) groups is 2. The van der Waals surface area contributed by atoms with Crippen LogP contribution in [0.15, 0.2) is 12.1 Å². The normalized spacial score (nSPS) is 17.3. The Morgan fingerprint density at radius 1 is 1.36 bits per heavy atom. The number of rotatable bonds is 4. The van der Waals surface area contributed by atoms with E-state index in [1.165, 1.54) is 11.3 Å². The van der Waals surface area contributed by atoms with E-state index in [0.717, 1.165) is 27.4 Å². The molecule has 2 aromatic rings. The smallest absolute Gasteiger partial charge is 0.274 e. The van der Waals surface area contributed by atoms with Crippen LogP contribution in [0.3, 0.4) is 0 Å². The predicted molar refractivity (Wildman–Crippen MR) is 98.2 cm³/mol. The largest absolute Gasteiger partial charge is 0.347 e. The molecule has 1 atom stereocenters. The van der Waals surface area contributed by atoms with Crippen molar-refractivity contribution in [1.82, 2.24) is 20.4 Å². The number of nitrogens with one attached hydrogen (secondary N) is 2. The average molecular weight is 360 g/mol. The molecule has 0 aliphatic carbocycles. The van der Waals surface area contributed by atoms with E-state index < -0.39 is 0 Å². The molecule has 0 saturated carbocycles. The summed E-state index contributed by atoms with van der Waals surface area (Å²) in [6.07, 6.45) is 0.766. The van der Waals surface area contributed by atoms with Gasteiger partial charge in [0.15, 0.2) is 0 Å². The van der Waals surface area contributed by atoms with Crippen LogP contribution in [-0.2, 0) is 0 Å². The molecule has 1 aliphatic rings. The molecule has 6 nitrogen and oxygen atoms in total. The van der Waals surface area contributed by atoms with Gasteiger partial charge in [0.1, 0.15) is 5.69 Å². The van der Waals surface area contributed by atoms with Gasteiger partial charge in [-0.15, -0.1) is 11.3 Å². The maximum Gasteiger partial charge on any atom is 0.274 e. The lowest BCUT2D eigenvalue weighted by atomic mass is 10.1. The molecule has 3 rings (SSSR count). The molecular weight excluding hydrogens is 336 g/mol. The molecule has 1 aliphatic heterocycles. The summed E-state index contributed by atoms with van der Waals surface area (Å²) in [5.74, 6) is 0.169. The molecule has 0 spiro atoms. The fourth-order valence-electron chi connectivity index (χ4n) is 2.91. The van der Waals surface area contributed by atoms with Crippen molar-refractivity contribution in [2.75, 3.05) is 13.1 Å². The third kappa shape index (κ3) is 3.76. The minimum absolute atomic E-state index is 0.0114. The molecule has 0 radical (unpaired) electrons. The standard InChI is InChI=1S/C18H24N4O2S/c1-10(2)14-8-15(21-20-14)18(24)22-6-5-13(9-22)19-17(23)16-7-11(3)12(4)25-16/h7-8,10,13H,5-6,9H2,1-4H3,(H,19,23)(H,20,21). The number of aromatic nitrogens is 2. The summed E-state index contributed by atoms with van der Waals surface area (Å²) >= 11 is 1.51. The second kappa shape index (κ2) is 7.00. The monoisotopic (exact) mass is 360 g/mol. The van der Waals surface area contributed by atoms with Gasteiger partial charge in [0.05, 0.1) is 4.88 Å². The second-order valence-corrected chi connectivity index (χ2v) is 8.18. The SMILES string of the molecule is Cc1cc(C(=O)NC2CCN(C(=O)c3cc(C(C)C)[nH]n3)C2)sc1C. The van der Waals surface area contributed by atoms with E-state index in [-0.39, 0.29) is 17.9 Å². The summed E-state index contributed by atoms with van der Waals surface area (Å²) in [5, 5.41) is 10.1. The molecule has 0 bridgehead atoms. The van der Waals surface area contributed by atoms with Crippen molar-refractivity contribution in [2.45, 2.75) is 46.1 Å². The lowest BCUT2D eigenvalue weighted by molar-refractivity contribution is 0.0777. The van der Waals surface area contributed by atoms with Crippen LogP contribution >= 0.6 is 11.3 Å². The molecule has 7 heteroatoms. The van der Waals surface area contributed by atoms with Gasteiger partial charge in [-0.2, -0.15) is 5.10 Å². The van der Waals surface area contributed by atoms with Crippen molar-refractivity contribution < 1.29 is 9.59 Å². The molecular formula is C18H24N4O2S. The van der Waals surface area contributed by atoms with Crippen LogP contribution in [0.1, 0.15) is 62.5 Å². The van der Waals surface area contributed by atoms with E-state index in [2.05, 4.69) is 29.4 Å². The van der Waals surface area contributed by atoms with E-state index >= 15 is 0 Å². The highest BCUT2D eigenvalue weighted by atomic mass is 32.1. The van der Waals surface area contributed by atoms with Crippen LogP contribution in [0.5, 0.6) is 0 Å². The summed E-state index contributed by atoms with van der Waals surface area (Å²) in [7, 11) is 0.